The number of nitrogens with two attached hydrogens (primary N) is 1. The highest BCUT2D eigenvalue weighted by molar-refractivity contribution is 7.09. The van der Waals surface area contributed by atoms with Crippen molar-refractivity contribution in [3.63, 3.8) is 0 Å². The molecule has 1 heterocycles. The molecule has 0 aliphatic carbocycles. The first-order valence-electron chi connectivity index (χ1n) is 6.84. The van der Waals surface area contributed by atoms with Crippen molar-refractivity contribution in [2.75, 3.05) is 0 Å². The normalized spacial score (nSPS) is 10.9. The maximum Gasteiger partial charge on any atom is 0.127 e. The zero-order valence-electron chi connectivity index (χ0n) is 11.7. The maximum absolute atomic E-state index is 14.4. The Morgan fingerprint density at radius 1 is 1.18 bits per heavy atom. The Balaban J connectivity index is 2.18. The molecule has 3 rings (SSSR count). The molecule has 1 aromatic heterocycles. The average molecular weight is 333 g/mol. The van der Waals surface area contributed by atoms with Crippen molar-refractivity contribution in [3.05, 3.63) is 74.9 Å². The fourth-order valence-corrected chi connectivity index (χ4v) is 3.43. The third kappa shape index (κ3) is 2.90. The highest BCUT2D eigenvalue weighted by Gasteiger charge is 2.16. The van der Waals surface area contributed by atoms with Crippen molar-refractivity contribution in [3.8, 4) is 11.1 Å². The molecule has 0 spiro atoms. The summed E-state index contributed by atoms with van der Waals surface area (Å²) in [6.45, 7) is 0.350. The van der Waals surface area contributed by atoms with E-state index < -0.39 is 0 Å². The molecule has 5 heteroatoms. The number of hydrogen-bond donors (Lipinski definition) is 1. The largest absolute Gasteiger partial charge is 0.326 e. The predicted molar refractivity (Wildman–Crippen MR) is 89.7 cm³/mol. The van der Waals surface area contributed by atoms with E-state index in [0.29, 0.717) is 23.6 Å². The lowest BCUT2D eigenvalue weighted by Crippen LogP contribution is -2.02. The first-order chi connectivity index (χ1) is 10.7. The third-order valence-corrected chi connectivity index (χ3v) is 4.61. The van der Waals surface area contributed by atoms with Gasteiger partial charge in [-0.05, 0) is 23.3 Å². The van der Waals surface area contributed by atoms with E-state index in [1.807, 2.05) is 23.6 Å². The minimum absolute atomic E-state index is 0.254. The van der Waals surface area contributed by atoms with Gasteiger partial charge in [-0.3, -0.25) is 0 Å². The summed E-state index contributed by atoms with van der Waals surface area (Å²) in [6.07, 6.45) is 2.16. The van der Waals surface area contributed by atoms with Crippen LogP contribution in [0.1, 0.15) is 16.1 Å². The second-order valence-corrected chi connectivity index (χ2v) is 6.23. The Kier molecular flexibility index (Phi) is 4.52. The van der Waals surface area contributed by atoms with Crippen LogP contribution in [-0.2, 0) is 13.0 Å². The van der Waals surface area contributed by atoms with Gasteiger partial charge in [0.15, 0.2) is 0 Å². The second-order valence-electron chi connectivity index (χ2n) is 4.85. The van der Waals surface area contributed by atoms with Gasteiger partial charge in [-0.25, -0.2) is 9.37 Å². The van der Waals surface area contributed by atoms with Gasteiger partial charge in [0.05, 0.1) is 5.01 Å². The van der Waals surface area contributed by atoms with E-state index in [2.05, 4.69) is 4.98 Å². The molecule has 0 bridgehead atoms. The number of halogens is 2. The number of rotatable bonds is 4. The Morgan fingerprint density at radius 3 is 2.73 bits per heavy atom. The van der Waals surface area contributed by atoms with E-state index in [9.17, 15) is 4.39 Å². The summed E-state index contributed by atoms with van der Waals surface area (Å²) in [5.41, 5.74) is 8.90. The Labute approximate surface area is 137 Å². The molecule has 3 aromatic rings. The predicted octanol–water partition coefficient (Wildman–Crippen LogP) is 4.65. The summed E-state index contributed by atoms with van der Waals surface area (Å²) in [4.78, 5) is 4.25. The zero-order valence-corrected chi connectivity index (χ0v) is 13.3. The molecule has 2 nitrogen and oxygen atoms in total. The van der Waals surface area contributed by atoms with Crippen LogP contribution in [-0.4, -0.2) is 4.98 Å². The summed E-state index contributed by atoms with van der Waals surface area (Å²) in [5.74, 6) is -0.254. The van der Waals surface area contributed by atoms with E-state index in [-0.39, 0.29) is 5.82 Å². The van der Waals surface area contributed by atoms with Crippen molar-refractivity contribution < 1.29 is 4.39 Å². The van der Waals surface area contributed by atoms with Crippen LogP contribution in [0.25, 0.3) is 11.1 Å². The van der Waals surface area contributed by atoms with Crippen LogP contribution in [0.2, 0.25) is 5.02 Å². The topological polar surface area (TPSA) is 38.9 Å². The van der Waals surface area contributed by atoms with Crippen molar-refractivity contribution >= 4 is 22.9 Å². The molecule has 0 saturated heterocycles. The van der Waals surface area contributed by atoms with E-state index >= 15 is 0 Å². The molecule has 0 aliphatic heterocycles. The van der Waals surface area contributed by atoms with Gasteiger partial charge in [-0.2, -0.15) is 0 Å². The molecular formula is C17H14ClFN2S. The van der Waals surface area contributed by atoms with Gasteiger partial charge in [-0.15, -0.1) is 11.3 Å². The van der Waals surface area contributed by atoms with E-state index in [0.717, 1.165) is 21.7 Å². The van der Waals surface area contributed by atoms with Gasteiger partial charge in [0, 0.05) is 40.7 Å². The smallest absolute Gasteiger partial charge is 0.127 e. The van der Waals surface area contributed by atoms with Crippen LogP contribution in [0.5, 0.6) is 0 Å². The van der Waals surface area contributed by atoms with E-state index in [1.165, 1.54) is 17.4 Å². The number of thiazole rings is 1. The van der Waals surface area contributed by atoms with Crippen LogP contribution >= 0.6 is 22.9 Å². The van der Waals surface area contributed by atoms with Gasteiger partial charge < -0.3 is 5.73 Å². The monoisotopic (exact) mass is 332 g/mol. The van der Waals surface area contributed by atoms with Crippen molar-refractivity contribution in [1.82, 2.24) is 4.98 Å². The maximum atomic E-state index is 14.4. The van der Waals surface area contributed by atoms with Gasteiger partial charge >= 0.3 is 0 Å². The summed E-state index contributed by atoms with van der Waals surface area (Å²) >= 11 is 7.87. The van der Waals surface area contributed by atoms with Crippen LogP contribution in [0, 0.1) is 5.82 Å². The molecule has 0 radical (unpaired) electrons. The van der Waals surface area contributed by atoms with Gasteiger partial charge in [-0.1, -0.05) is 35.9 Å². The Hall–Kier alpha value is -1.75. The van der Waals surface area contributed by atoms with Crippen molar-refractivity contribution in [2.45, 2.75) is 13.0 Å². The van der Waals surface area contributed by atoms with Crippen molar-refractivity contribution in [2.24, 2.45) is 5.73 Å². The lowest BCUT2D eigenvalue weighted by Gasteiger charge is -2.15. The highest BCUT2D eigenvalue weighted by atomic mass is 35.5. The molecule has 2 aromatic carbocycles. The van der Waals surface area contributed by atoms with Crippen LogP contribution in [0.4, 0.5) is 4.39 Å². The standard InChI is InChI=1S/C17H14ClFN2S/c18-14-5-1-3-11(10-20)17(14)12-4-2-6-15(19)13(12)9-16-21-7-8-22-16/h1-8H,9-10,20H2. The molecule has 112 valence electrons. The van der Waals surface area contributed by atoms with Gasteiger partial charge in [0.2, 0.25) is 0 Å². The molecule has 0 fully saturated rings. The quantitative estimate of drug-likeness (QED) is 0.755. The zero-order chi connectivity index (χ0) is 15.5. The fraction of sp³-hybridized carbons (Fsp3) is 0.118. The molecule has 22 heavy (non-hydrogen) atoms. The van der Waals surface area contributed by atoms with Crippen LogP contribution in [0.3, 0.4) is 0 Å². The SMILES string of the molecule is NCc1cccc(Cl)c1-c1cccc(F)c1Cc1nccs1. The minimum Gasteiger partial charge on any atom is -0.326 e. The lowest BCUT2D eigenvalue weighted by molar-refractivity contribution is 0.614. The minimum atomic E-state index is -0.254. The molecule has 0 saturated carbocycles. The second kappa shape index (κ2) is 6.57. The molecule has 0 amide bonds. The van der Waals surface area contributed by atoms with Gasteiger partial charge in [0.25, 0.3) is 0 Å². The molecule has 2 N–H and O–H groups in total. The molecule has 0 atom stereocenters. The summed E-state index contributed by atoms with van der Waals surface area (Å²) in [7, 11) is 0. The van der Waals surface area contributed by atoms with E-state index in [1.54, 1.807) is 18.3 Å². The third-order valence-electron chi connectivity index (χ3n) is 3.52. The number of hydrogen-bond acceptors (Lipinski definition) is 3. The van der Waals surface area contributed by atoms with Crippen molar-refractivity contribution in [1.29, 1.82) is 0 Å². The summed E-state index contributed by atoms with van der Waals surface area (Å²) in [6, 6.07) is 10.6. The molecule has 0 unspecified atom stereocenters. The lowest BCUT2D eigenvalue weighted by atomic mass is 9.93. The molecular weight excluding hydrogens is 319 g/mol. The van der Waals surface area contributed by atoms with E-state index in [4.69, 9.17) is 17.3 Å². The fourth-order valence-electron chi connectivity index (χ4n) is 2.50. The average Bonchev–Trinajstić information content (AvgIpc) is 3.02. The summed E-state index contributed by atoms with van der Waals surface area (Å²) in [5, 5.41) is 3.33. The Bertz CT molecular complexity index is 787. The Morgan fingerprint density at radius 2 is 2.00 bits per heavy atom. The van der Waals surface area contributed by atoms with Gasteiger partial charge in [0.1, 0.15) is 5.82 Å². The van der Waals surface area contributed by atoms with Crippen LogP contribution in [0.15, 0.2) is 48.0 Å². The summed E-state index contributed by atoms with van der Waals surface area (Å²) < 4.78 is 14.4. The number of aromatic nitrogens is 1. The first-order valence-corrected chi connectivity index (χ1v) is 8.10. The molecule has 0 aliphatic rings. The number of benzene rings is 2. The number of nitrogens with zero attached hydrogens (tertiary/aromatic N) is 1. The highest BCUT2D eigenvalue weighted by Crippen LogP contribution is 2.35. The first kappa shape index (κ1) is 15.2. The van der Waals surface area contributed by atoms with Crippen LogP contribution < -0.4 is 5.73 Å².